The molecule has 0 fully saturated rings. The van der Waals surface area contributed by atoms with Crippen LogP contribution in [0, 0.1) is 0 Å². The second kappa shape index (κ2) is 8.10. The van der Waals surface area contributed by atoms with Crippen LogP contribution in [-0.4, -0.2) is 23.2 Å². The van der Waals surface area contributed by atoms with Crippen LogP contribution in [0.25, 0.3) is 21.5 Å². The summed E-state index contributed by atoms with van der Waals surface area (Å²) in [6.45, 7) is 0. The molecule has 0 spiro atoms. The monoisotopic (exact) mass is 417 g/mol. The molecule has 29 heavy (non-hydrogen) atoms. The average Bonchev–Trinajstić information content (AvgIpc) is 2.67. The van der Waals surface area contributed by atoms with Crippen LogP contribution in [0.4, 0.5) is 11.4 Å². The standard InChI is InChI=1S/C20H14N2O5S.Na/c23-16-10-9-12-5-1-2-6-13(12)19(16)21-22-20-15-8-4-3-7-14(15)18(11-17(20)24)28(25,26)27;/h1-11,23-24H,(H,25,26,27);/q;+1. The average molecular weight is 417 g/mol. The summed E-state index contributed by atoms with van der Waals surface area (Å²) in [6, 6.07) is 17.8. The Morgan fingerprint density at radius 1 is 0.690 bits per heavy atom. The van der Waals surface area contributed by atoms with Crippen LogP contribution >= 0.6 is 0 Å². The van der Waals surface area contributed by atoms with Crippen molar-refractivity contribution in [1.29, 1.82) is 0 Å². The molecule has 4 aromatic rings. The van der Waals surface area contributed by atoms with Crippen molar-refractivity contribution >= 4 is 43.0 Å². The van der Waals surface area contributed by atoms with Crippen molar-refractivity contribution in [3.63, 3.8) is 0 Å². The van der Waals surface area contributed by atoms with Crippen LogP contribution < -0.4 is 29.6 Å². The number of phenolic OH excluding ortho intramolecular Hbond substituents is 2. The van der Waals surface area contributed by atoms with Gasteiger partial charge in [0.2, 0.25) is 0 Å². The minimum Gasteiger partial charge on any atom is -0.506 e. The van der Waals surface area contributed by atoms with Crippen LogP contribution in [-0.2, 0) is 10.1 Å². The Hall–Kier alpha value is -2.49. The molecule has 4 rings (SSSR count). The van der Waals surface area contributed by atoms with Gasteiger partial charge in [-0.05, 0) is 11.5 Å². The summed E-state index contributed by atoms with van der Waals surface area (Å²) < 4.78 is 32.7. The molecule has 0 unspecified atom stereocenters. The molecule has 3 N–H and O–H groups in total. The van der Waals surface area contributed by atoms with Crippen molar-refractivity contribution in [2.24, 2.45) is 10.2 Å². The predicted octanol–water partition coefficient (Wildman–Crippen LogP) is 2.07. The third kappa shape index (κ3) is 3.98. The molecule has 140 valence electrons. The van der Waals surface area contributed by atoms with E-state index in [0.29, 0.717) is 10.8 Å². The first-order valence-electron chi connectivity index (χ1n) is 8.21. The van der Waals surface area contributed by atoms with Gasteiger partial charge in [-0.25, -0.2) is 0 Å². The van der Waals surface area contributed by atoms with E-state index in [0.717, 1.165) is 11.5 Å². The summed E-state index contributed by atoms with van der Waals surface area (Å²) in [5, 5.41) is 30.7. The van der Waals surface area contributed by atoms with E-state index in [4.69, 9.17) is 0 Å². The zero-order chi connectivity index (χ0) is 19.9. The van der Waals surface area contributed by atoms with Crippen LogP contribution in [0.1, 0.15) is 0 Å². The van der Waals surface area contributed by atoms with Gasteiger partial charge in [-0.15, -0.1) is 10.2 Å². The maximum atomic E-state index is 11.6. The summed E-state index contributed by atoms with van der Waals surface area (Å²) in [7, 11) is -4.54. The summed E-state index contributed by atoms with van der Waals surface area (Å²) in [4.78, 5) is -0.424. The van der Waals surface area contributed by atoms with Crippen molar-refractivity contribution in [3.8, 4) is 11.5 Å². The predicted molar refractivity (Wildman–Crippen MR) is 105 cm³/mol. The van der Waals surface area contributed by atoms with Gasteiger partial charge in [-0.2, -0.15) is 8.42 Å². The number of hydrogen-bond donors (Lipinski definition) is 3. The summed E-state index contributed by atoms with van der Waals surface area (Å²) in [5.74, 6) is -0.546. The fourth-order valence-corrected chi connectivity index (χ4v) is 3.80. The van der Waals surface area contributed by atoms with Crippen molar-refractivity contribution in [3.05, 3.63) is 66.7 Å². The fourth-order valence-electron chi connectivity index (χ4n) is 3.08. The molecule has 0 atom stereocenters. The van der Waals surface area contributed by atoms with E-state index in [1.54, 1.807) is 36.4 Å². The Morgan fingerprint density at radius 2 is 1.24 bits per heavy atom. The summed E-state index contributed by atoms with van der Waals surface area (Å²) in [5.41, 5.74) is 0.246. The quantitative estimate of drug-likeness (QED) is 0.268. The number of phenols is 2. The van der Waals surface area contributed by atoms with Gasteiger partial charge in [-0.1, -0.05) is 54.6 Å². The first-order chi connectivity index (χ1) is 13.4. The number of aromatic hydroxyl groups is 2. The Bertz CT molecular complexity index is 1370. The van der Waals surface area contributed by atoms with E-state index >= 15 is 0 Å². The summed E-state index contributed by atoms with van der Waals surface area (Å²) in [6.07, 6.45) is 0. The van der Waals surface area contributed by atoms with Crippen molar-refractivity contribution in [1.82, 2.24) is 0 Å². The first-order valence-corrected chi connectivity index (χ1v) is 9.65. The van der Waals surface area contributed by atoms with Crippen LogP contribution in [0.5, 0.6) is 11.5 Å². The molecular formula is C20H14N2NaO5S+. The van der Waals surface area contributed by atoms with Crippen molar-refractivity contribution in [2.45, 2.75) is 4.90 Å². The van der Waals surface area contributed by atoms with E-state index in [1.807, 2.05) is 12.1 Å². The first kappa shape index (κ1) is 21.2. The molecule has 0 aliphatic heterocycles. The minimum absolute atomic E-state index is 0. The van der Waals surface area contributed by atoms with E-state index in [9.17, 15) is 23.2 Å². The van der Waals surface area contributed by atoms with Crippen molar-refractivity contribution in [2.75, 3.05) is 0 Å². The van der Waals surface area contributed by atoms with Crippen molar-refractivity contribution < 1.29 is 52.7 Å². The number of fused-ring (bicyclic) bond motifs is 2. The Balaban J connectivity index is 0.00000240. The van der Waals surface area contributed by atoms with Crippen LogP contribution in [0.2, 0.25) is 0 Å². The van der Waals surface area contributed by atoms with Gasteiger partial charge in [0.05, 0.1) is 0 Å². The smallest absolute Gasteiger partial charge is 0.506 e. The third-order valence-electron chi connectivity index (χ3n) is 4.37. The Labute approximate surface area is 188 Å². The maximum Gasteiger partial charge on any atom is 1.00 e. The molecule has 0 bridgehead atoms. The fraction of sp³-hybridized carbons (Fsp3) is 0. The number of nitrogens with zero attached hydrogens (tertiary/aromatic N) is 2. The zero-order valence-corrected chi connectivity index (χ0v) is 18.1. The second-order valence-corrected chi connectivity index (χ2v) is 7.51. The van der Waals surface area contributed by atoms with E-state index < -0.39 is 20.8 Å². The molecular weight excluding hydrogens is 403 g/mol. The molecule has 0 saturated heterocycles. The number of benzene rings is 4. The molecule has 0 amide bonds. The van der Waals surface area contributed by atoms with Gasteiger partial charge < -0.3 is 10.2 Å². The van der Waals surface area contributed by atoms with Gasteiger partial charge in [0.1, 0.15) is 27.8 Å². The van der Waals surface area contributed by atoms with Crippen LogP contribution in [0.3, 0.4) is 0 Å². The van der Waals surface area contributed by atoms with E-state index in [1.165, 1.54) is 12.1 Å². The van der Waals surface area contributed by atoms with Gasteiger partial charge in [-0.3, -0.25) is 4.55 Å². The number of azo groups is 1. The Morgan fingerprint density at radius 3 is 1.90 bits per heavy atom. The molecule has 4 aromatic carbocycles. The molecule has 0 radical (unpaired) electrons. The SMILES string of the molecule is O=S(=O)(O)c1cc(O)c(N=Nc2c(O)ccc3ccccc23)c2ccccc12.[Na+]. The largest absolute Gasteiger partial charge is 1.00 e. The molecule has 0 heterocycles. The zero-order valence-electron chi connectivity index (χ0n) is 15.3. The van der Waals surface area contributed by atoms with Gasteiger partial charge >= 0.3 is 29.6 Å². The summed E-state index contributed by atoms with van der Waals surface area (Å²) >= 11 is 0. The Kier molecular flexibility index (Phi) is 5.92. The van der Waals surface area contributed by atoms with Crippen LogP contribution in [0.15, 0.2) is 81.9 Å². The molecule has 7 nitrogen and oxygen atoms in total. The topological polar surface area (TPSA) is 120 Å². The van der Waals surface area contributed by atoms with Gasteiger partial charge in [0.15, 0.2) is 0 Å². The number of hydrogen-bond acceptors (Lipinski definition) is 6. The van der Waals surface area contributed by atoms with Gasteiger partial charge in [0, 0.05) is 22.2 Å². The second-order valence-electron chi connectivity index (χ2n) is 6.12. The third-order valence-corrected chi connectivity index (χ3v) is 5.26. The molecule has 0 saturated carbocycles. The van der Waals surface area contributed by atoms with E-state index in [-0.39, 0.29) is 52.1 Å². The molecule has 0 aromatic heterocycles. The molecule has 0 aliphatic rings. The minimum atomic E-state index is -4.54. The van der Waals surface area contributed by atoms with Gasteiger partial charge in [0.25, 0.3) is 10.1 Å². The molecule has 9 heteroatoms. The number of rotatable bonds is 3. The van der Waals surface area contributed by atoms with E-state index in [2.05, 4.69) is 10.2 Å². The normalized spacial score (nSPS) is 11.8. The molecule has 0 aliphatic carbocycles. The maximum absolute atomic E-state index is 11.6.